The van der Waals surface area contributed by atoms with Crippen LogP contribution in [0.5, 0.6) is 11.8 Å². The molecule has 2 amide bonds. The number of aryl methyl sites for hydroxylation is 5. The molecule has 3 aliphatic rings. The van der Waals surface area contributed by atoms with E-state index in [0.29, 0.717) is 49.1 Å². The van der Waals surface area contributed by atoms with E-state index in [1.165, 1.54) is 29.9 Å². The molecule has 18 nitrogen and oxygen atoms in total. The predicted octanol–water partition coefficient (Wildman–Crippen LogP) is 5.48. The van der Waals surface area contributed by atoms with Gasteiger partial charge >= 0.3 is 23.7 Å². The molecule has 0 radical (unpaired) electrons. The number of pyridine rings is 4. The third-order valence-electron chi connectivity index (χ3n) is 11.8. The Kier molecular flexibility index (Phi) is 15.1. The van der Waals surface area contributed by atoms with E-state index in [4.69, 9.17) is 19.4 Å². The highest BCUT2D eigenvalue weighted by Gasteiger charge is 2.35. The Bertz CT molecular complexity index is 2450. The number of nitrogens with one attached hydrogen (secondary N) is 2. The van der Waals surface area contributed by atoms with Crippen molar-refractivity contribution in [2.75, 3.05) is 57.6 Å². The molecule has 18 heteroatoms. The van der Waals surface area contributed by atoms with Gasteiger partial charge in [-0.25, -0.2) is 29.5 Å². The zero-order chi connectivity index (χ0) is 45.0. The first kappa shape index (κ1) is 45.1. The van der Waals surface area contributed by atoms with Crippen LogP contribution in [0, 0.1) is 0 Å². The number of nitrogens with zero attached hydrogens (tertiary/aromatic N) is 8. The van der Waals surface area contributed by atoms with Crippen LogP contribution in [0.25, 0.3) is 0 Å². The minimum atomic E-state index is -0.988. The average Bonchev–Trinajstić information content (AvgIpc) is 3.87. The third kappa shape index (κ3) is 11.3. The van der Waals surface area contributed by atoms with Crippen molar-refractivity contribution in [3.05, 3.63) is 117 Å². The number of ether oxygens (including phenoxy) is 2. The molecule has 1 fully saturated rings. The average molecular weight is 879 g/mol. The van der Waals surface area contributed by atoms with Gasteiger partial charge in [0.05, 0.1) is 39.1 Å². The van der Waals surface area contributed by atoms with Crippen molar-refractivity contribution in [1.29, 1.82) is 0 Å². The molecule has 2 unspecified atom stereocenters. The molecule has 3 aliphatic heterocycles. The number of hydrogen-bond acceptors (Lipinski definition) is 12. The number of carbonyl (C=O) groups excluding carboxylic acids is 1. The van der Waals surface area contributed by atoms with Gasteiger partial charge in [-0.3, -0.25) is 18.7 Å². The summed E-state index contributed by atoms with van der Waals surface area (Å²) in [5.41, 5.74) is 5.63. The Hall–Kier alpha value is -6.98. The molecule has 0 aromatic carbocycles. The Morgan fingerprint density at radius 2 is 1.27 bits per heavy atom. The van der Waals surface area contributed by atoms with E-state index in [0.717, 1.165) is 87.5 Å². The third-order valence-corrected chi connectivity index (χ3v) is 11.8. The molecule has 64 heavy (non-hydrogen) atoms. The Balaban J connectivity index is 0.000000212. The van der Waals surface area contributed by atoms with E-state index in [2.05, 4.69) is 44.9 Å². The first-order valence-corrected chi connectivity index (χ1v) is 21.8. The van der Waals surface area contributed by atoms with Gasteiger partial charge in [0.15, 0.2) is 0 Å². The lowest BCUT2D eigenvalue weighted by atomic mass is 10.0. The number of imidazole rings is 1. The number of aromatic nitrogens is 6. The highest BCUT2D eigenvalue weighted by atomic mass is 16.5. The zero-order valence-electron chi connectivity index (χ0n) is 36.3. The van der Waals surface area contributed by atoms with Crippen molar-refractivity contribution in [3.63, 3.8) is 0 Å². The van der Waals surface area contributed by atoms with E-state index < -0.39 is 24.0 Å². The van der Waals surface area contributed by atoms with Crippen molar-refractivity contribution in [2.45, 2.75) is 82.8 Å². The summed E-state index contributed by atoms with van der Waals surface area (Å²) >= 11 is 0. The van der Waals surface area contributed by atoms with E-state index in [-0.39, 0.29) is 26.0 Å². The lowest BCUT2D eigenvalue weighted by Crippen LogP contribution is -2.36. The lowest BCUT2D eigenvalue weighted by molar-refractivity contribution is -0.139. The maximum atomic E-state index is 13.0. The molecule has 8 rings (SSSR count). The molecule has 1 saturated heterocycles. The maximum absolute atomic E-state index is 13.0. The van der Waals surface area contributed by atoms with E-state index in [1.54, 1.807) is 63.4 Å². The van der Waals surface area contributed by atoms with Crippen molar-refractivity contribution in [2.24, 2.45) is 0 Å². The van der Waals surface area contributed by atoms with Gasteiger partial charge in [-0.2, -0.15) is 0 Å². The van der Waals surface area contributed by atoms with Gasteiger partial charge in [-0.15, -0.1) is 0 Å². The van der Waals surface area contributed by atoms with Gasteiger partial charge < -0.3 is 40.1 Å². The number of rotatable bonds is 18. The Morgan fingerprint density at radius 1 is 0.719 bits per heavy atom. The van der Waals surface area contributed by atoms with Crippen molar-refractivity contribution in [1.82, 2.24) is 38.9 Å². The molecular weight excluding hydrogens is 821 g/mol. The number of urea groups is 1. The number of hydrogen-bond donors (Lipinski definition) is 4. The summed E-state index contributed by atoms with van der Waals surface area (Å²) in [6, 6.07) is 13.9. The molecule has 5 aromatic rings. The summed E-state index contributed by atoms with van der Waals surface area (Å²) in [6.45, 7) is 4.12. The largest absolute Gasteiger partial charge is 0.481 e. The zero-order valence-corrected chi connectivity index (χ0v) is 36.3. The quantitative estimate of drug-likeness (QED) is 0.0857. The SMILES string of the molecule is COc1ccc(C(CC(=O)O)N2CCN(CCCc3ccc4c(n3)NCCC4)C2=O)cn1.COc1ccc(C(CC(=O)O)n2ccn(CCCc3ccc4c(n3)NCCC4)c2=O)cn1.[HH]. The van der Waals surface area contributed by atoms with Gasteiger partial charge in [-0.05, 0) is 85.8 Å². The van der Waals surface area contributed by atoms with E-state index in [1.807, 2.05) is 0 Å². The number of carboxylic acid groups (broad SMARTS) is 2. The number of carbonyl (C=O) groups is 3. The van der Waals surface area contributed by atoms with Gasteiger partial charge in [0.25, 0.3) is 0 Å². The van der Waals surface area contributed by atoms with Crippen LogP contribution in [0.1, 0.15) is 85.7 Å². The molecule has 0 saturated carbocycles. The standard InChI is InChI=1S/C23H29N5O4.C23H27N5O4.H2/c2*1-32-20-9-7-17(15-25-20)19(14-21(29)30)28-13-12-27(23(28)31)11-3-5-18-8-6-16-4-2-10-24-22(16)26-18;/h6-9,15,19H,2-5,10-14H2,1H3,(H,24,26)(H,29,30);6-9,12-13,15,19H,2-5,10-11,14H2,1H3,(H,24,26)(H,29,30);1H. The van der Waals surface area contributed by atoms with Crippen LogP contribution in [0.3, 0.4) is 0 Å². The minimum Gasteiger partial charge on any atom is -0.481 e. The molecular formula is C46H58N10O8. The van der Waals surface area contributed by atoms with Crippen molar-refractivity contribution in [3.8, 4) is 11.8 Å². The molecule has 340 valence electrons. The normalized spacial score (nSPS) is 15.1. The van der Waals surface area contributed by atoms with Crippen LogP contribution >= 0.6 is 0 Å². The summed E-state index contributed by atoms with van der Waals surface area (Å²) in [7, 11) is 3.03. The number of aliphatic carboxylic acids is 2. The fourth-order valence-electron chi connectivity index (χ4n) is 8.37. The second-order valence-corrected chi connectivity index (χ2v) is 16.0. The maximum Gasteiger partial charge on any atom is 0.328 e. The first-order valence-electron chi connectivity index (χ1n) is 21.8. The summed E-state index contributed by atoms with van der Waals surface area (Å²) < 4.78 is 13.2. The Morgan fingerprint density at radius 3 is 1.80 bits per heavy atom. The highest BCUT2D eigenvalue weighted by Crippen LogP contribution is 2.30. The molecule has 2 atom stereocenters. The van der Waals surface area contributed by atoms with Crippen LogP contribution in [0.15, 0.2) is 78.1 Å². The fourth-order valence-corrected chi connectivity index (χ4v) is 8.37. The number of fused-ring (bicyclic) bond motifs is 2. The summed E-state index contributed by atoms with van der Waals surface area (Å²) in [6.07, 6.45) is 13.6. The van der Waals surface area contributed by atoms with Crippen LogP contribution in [0.4, 0.5) is 16.4 Å². The number of methoxy groups -OCH3 is 2. The topological polar surface area (TPSA) is 219 Å². The van der Waals surface area contributed by atoms with Gasteiger partial charge in [0, 0.05) is 89.0 Å². The van der Waals surface area contributed by atoms with Crippen molar-refractivity contribution >= 4 is 29.6 Å². The molecule has 5 aromatic heterocycles. The number of carboxylic acids is 2. The highest BCUT2D eigenvalue weighted by molar-refractivity contribution is 5.78. The monoisotopic (exact) mass is 878 g/mol. The predicted molar refractivity (Wildman–Crippen MR) is 240 cm³/mol. The second-order valence-electron chi connectivity index (χ2n) is 16.0. The molecule has 0 bridgehead atoms. The van der Waals surface area contributed by atoms with Crippen LogP contribution < -0.4 is 25.8 Å². The number of anilines is 2. The van der Waals surface area contributed by atoms with Crippen LogP contribution in [0.2, 0.25) is 0 Å². The second kappa shape index (κ2) is 21.4. The summed E-state index contributed by atoms with van der Waals surface area (Å²) in [5, 5.41) is 25.5. The van der Waals surface area contributed by atoms with Crippen LogP contribution in [-0.4, -0.2) is 114 Å². The van der Waals surface area contributed by atoms with E-state index >= 15 is 0 Å². The molecule has 0 aliphatic carbocycles. The fraction of sp³-hybridized carbons (Fsp3) is 0.435. The van der Waals surface area contributed by atoms with Gasteiger partial charge in [0.2, 0.25) is 11.8 Å². The summed E-state index contributed by atoms with van der Waals surface area (Å²) in [5.74, 6) is 0.895. The van der Waals surface area contributed by atoms with Crippen molar-refractivity contribution < 1.29 is 35.5 Å². The van der Waals surface area contributed by atoms with E-state index in [9.17, 15) is 29.4 Å². The Labute approximate surface area is 372 Å². The summed E-state index contributed by atoms with van der Waals surface area (Å²) in [4.78, 5) is 70.1. The van der Waals surface area contributed by atoms with Crippen LogP contribution in [-0.2, 0) is 41.8 Å². The first-order chi connectivity index (χ1) is 31.1. The molecule has 4 N–H and O–H groups in total. The van der Waals surface area contributed by atoms with Gasteiger partial charge in [0.1, 0.15) is 11.6 Å². The molecule has 0 spiro atoms. The molecule has 8 heterocycles. The number of amides is 2. The van der Waals surface area contributed by atoms with Gasteiger partial charge in [-0.1, -0.05) is 24.3 Å². The smallest absolute Gasteiger partial charge is 0.328 e. The lowest BCUT2D eigenvalue weighted by Gasteiger charge is -2.27. The minimum absolute atomic E-state index is 0.